The van der Waals surface area contributed by atoms with Crippen LogP contribution in [0.25, 0.3) is 11.0 Å². The van der Waals surface area contributed by atoms with Gasteiger partial charge in [0.05, 0.1) is 17.4 Å². The summed E-state index contributed by atoms with van der Waals surface area (Å²) < 4.78 is 3.61. The van der Waals surface area contributed by atoms with Gasteiger partial charge in [-0.1, -0.05) is 0 Å². The van der Waals surface area contributed by atoms with E-state index in [1.54, 1.807) is 4.68 Å². The Morgan fingerprint density at radius 1 is 1.30 bits per heavy atom. The van der Waals surface area contributed by atoms with E-state index in [2.05, 4.69) is 26.6 Å². The molecule has 1 N–H and O–H groups in total. The summed E-state index contributed by atoms with van der Waals surface area (Å²) in [6.07, 6.45) is 6.28. The van der Waals surface area contributed by atoms with E-state index in [4.69, 9.17) is 0 Å². The van der Waals surface area contributed by atoms with Crippen molar-refractivity contribution in [3.8, 4) is 0 Å². The van der Waals surface area contributed by atoms with E-state index in [-0.39, 0.29) is 18.5 Å². The van der Waals surface area contributed by atoms with Gasteiger partial charge in [-0.25, -0.2) is 9.67 Å². The molecule has 1 aliphatic rings. The predicted octanol–water partition coefficient (Wildman–Crippen LogP) is 3.02. The number of pyridine rings is 1. The minimum Gasteiger partial charge on any atom is -0.348 e. The number of aryl methyl sites for hydroxylation is 3. The molecule has 1 fully saturated rings. The lowest BCUT2D eigenvalue weighted by atomic mass is 10.1. The van der Waals surface area contributed by atoms with Gasteiger partial charge in [0.1, 0.15) is 6.54 Å². The molecular formula is C20H26N6O. The molecule has 1 atom stereocenters. The number of fused-ring (bicyclic) bond motifs is 1. The van der Waals surface area contributed by atoms with Crippen molar-refractivity contribution in [1.29, 1.82) is 0 Å². The molecule has 0 spiro atoms. The average molecular weight is 366 g/mol. The summed E-state index contributed by atoms with van der Waals surface area (Å²) in [7, 11) is 0. The Morgan fingerprint density at radius 3 is 2.74 bits per heavy atom. The zero-order valence-electron chi connectivity index (χ0n) is 16.4. The minimum atomic E-state index is -0.101. The third-order valence-corrected chi connectivity index (χ3v) is 5.30. The third-order valence-electron chi connectivity index (χ3n) is 5.30. The minimum absolute atomic E-state index is 0.0748. The third kappa shape index (κ3) is 3.34. The Morgan fingerprint density at radius 2 is 2.07 bits per heavy atom. The highest BCUT2D eigenvalue weighted by Crippen LogP contribution is 2.43. The summed E-state index contributed by atoms with van der Waals surface area (Å²) in [5, 5.41) is 13.2. The Hall–Kier alpha value is -2.70. The van der Waals surface area contributed by atoms with E-state index in [9.17, 15) is 4.79 Å². The quantitative estimate of drug-likeness (QED) is 0.727. The maximum Gasteiger partial charge on any atom is 0.242 e. The maximum atomic E-state index is 12.6. The molecule has 1 aliphatic carbocycles. The van der Waals surface area contributed by atoms with Gasteiger partial charge in [-0.2, -0.15) is 10.2 Å². The number of carbonyl (C=O) groups excluding carboxylic acids is 1. The van der Waals surface area contributed by atoms with Crippen molar-refractivity contribution in [2.45, 2.75) is 65.6 Å². The average Bonchev–Trinajstić information content (AvgIpc) is 3.35. The highest BCUT2D eigenvalue weighted by atomic mass is 16.2. The van der Waals surface area contributed by atoms with Crippen LogP contribution in [-0.4, -0.2) is 30.5 Å². The second-order valence-electron chi connectivity index (χ2n) is 7.43. The first-order valence-electron chi connectivity index (χ1n) is 9.63. The van der Waals surface area contributed by atoms with Gasteiger partial charge in [-0.15, -0.1) is 0 Å². The summed E-state index contributed by atoms with van der Waals surface area (Å²) in [6, 6.07) is 1.99. The van der Waals surface area contributed by atoms with E-state index < -0.39 is 0 Å². The van der Waals surface area contributed by atoms with E-state index in [1.807, 2.05) is 44.8 Å². The Bertz CT molecular complexity index is 997. The number of aromatic nitrogens is 5. The highest BCUT2D eigenvalue weighted by molar-refractivity contribution is 5.85. The van der Waals surface area contributed by atoms with Gasteiger partial charge in [-0.3, -0.25) is 9.48 Å². The van der Waals surface area contributed by atoms with Gasteiger partial charge in [0.15, 0.2) is 5.65 Å². The van der Waals surface area contributed by atoms with Crippen molar-refractivity contribution in [2.24, 2.45) is 0 Å². The van der Waals surface area contributed by atoms with Crippen LogP contribution in [0.5, 0.6) is 0 Å². The lowest BCUT2D eigenvalue weighted by molar-refractivity contribution is -0.122. The van der Waals surface area contributed by atoms with Crippen LogP contribution < -0.4 is 5.32 Å². The number of rotatable bonds is 6. The molecule has 0 aliphatic heterocycles. The van der Waals surface area contributed by atoms with Gasteiger partial charge >= 0.3 is 0 Å². The molecule has 142 valence electrons. The lowest BCUT2D eigenvalue weighted by Gasteiger charge is -2.13. The number of hydrogen-bond donors (Lipinski definition) is 1. The summed E-state index contributed by atoms with van der Waals surface area (Å²) in [5.74, 6) is 0.549. The van der Waals surface area contributed by atoms with Gasteiger partial charge < -0.3 is 5.32 Å². The van der Waals surface area contributed by atoms with Crippen LogP contribution >= 0.6 is 0 Å². The van der Waals surface area contributed by atoms with Crippen molar-refractivity contribution in [2.75, 3.05) is 0 Å². The smallest absolute Gasteiger partial charge is 0.242 e. The molecule has 7 nitrogen and oxygen atoms in total. The van der Waals surface area contributed by atoms with Crippen LogP contribution in [-0.2, 0) is 17.9 Å². The van der Waals surface area contributed by atoms with Crippen molar-refractivity contribution in [1.82, 2.24) is 29.9 Å². The zero-order chi connectivity index (χ0) is 19.1. The molecule has 4 rings (SSSR count). The van der Waals surface area contributed by atoms with E-state index in [0.29, 0.717) is 5.92 Å². The number of nitrogens with zero attached hydrogens (tertiary/aromatic N) is 5. The molecule has 27 heavy (non-hydrogen) atoms. The van der Waals surface area contributed by atoms with Crippen molar-refractivity contribution >= 4 is 16.9 Å². The fourth-order valence-corrected chi connectivity index (χ4v) is 3.78. The van der Waals surface area contributed by atoms with Crippen LogP contribution in [0.4, 0.5) is 0 Å². The Balaban J connectivity index is 1.53. The van der Waals surface area contributed by atoms with Crippen molar-refractivity contribution in [3.05, 3.63) is 41.0 Å². The van der Waals surface area contributed by atoms with E-state index in [0.717, 1.165) is 34.5 Å². The maximum absolute atomic E-state index is 12.6. The van der Waals surface area contributed by atoms with Crippen LogP contribution in [0, 0.1) is 13.8 Å². The highest BCUT2D eigenvalue weighted by Gasteiger charge is 2.28. The van der Waals surface area contributed by atoms with Gasteiger partial charge in [0.25, 0.3) is 0 Å². The second-order valence-corrected chi connectivity index (χ2v) is 7.43. The molecule has 0 saturated heterocycles. The first-order chi connectivity index (χ1) is 13.0. The number of amides is 1. The molecule has 0 radical (unpaired) electrons. The standard InChI is InChI=1S/C20H26N6O/c1-5-25-10-17(13(3)23-25)12(2)22-18(27)11-26-20-19(14(4)24-26)16(8-9-21-20)15-6-7-15/h8-10,12,15H,5-7,11H2,1-4H3,(H,22,27). The molecule has 3 aromatic rings. The van der Waals surface area contributed by atoms with Gasteiger partial charge in [0, 0.05) is 29.9 Å². The summed E-state index contributed by atoms with van der Waals surface area (Å²) >= 11 is 0. The van der Waals surface area contributed by atoms with Crippen LogP contribution in [0.3, 0.4) is 0 Å². The van der Waals surface area contributed by atoms with Gasteiger partial charge in [0.2, 0.25) is 5.91 Å². The monoisotopic (exact) mass is 366 g/mol. The molecular weight excluding hydrogens is 340 g/mol. The second kappa shape index (κ2) is 6.79. The topological polar surface area (TPSA) is 77.6 Å². The summed E-state index contributed by atoms with van der Waals surface area (Å²) in [5.41, 5.74) is 5.05. The molecule has 1 unspecified atom stereocenters. The molecule has 1 amide bonds. The van der Waals surface area contributed by atoms with Crippen LogP contribution in [0.1, 0.15) is 61.2 Å². The summed E-state index contributed by atoms with van der Waals surface area (Å²) in [6.45, 7) is 8.98. The van der Waals surface area contributed by atoms with Crippen LogP contribution in [0.15, 0.2) is 18.5 Å². The lowest BCUT2D eigenvalue weighted by Crippen LogP contribution is -2.30. The molecule has 3 heterocycles. The zero-order valence-corrected chi connectivity index (χ0v) is 16.4. The molecule has 7 heteroatoms. The van der Waals surface area contributed by atoms with E-state index in [1.165, 1.54) is 18.4 Å². The Kier molecular flexibility index (Phi) is 4.45. The fraction of sp³-hybridized carbons (Fsp3) is 0.500. The first kappa shape index (κ1) is 17.7. The normalized spacial score (nSPS) is 15.3. The molecule has 3 aromatic heterocycles. The molecule has 0 bridgehead atoms. The van der Waals surface area contributed by atoms with Crippen LogP contribution in [0.2, 0.25) is 0 Å². The largest absolute Gasteiger partial charge is 0.348 e. The SMILES string of the molecule is CCn1cc(C(C)NC(=O)Cn2nc(C)c3c(C4CC4)ccnc32)c(C)n1. The van der Waals surface area contributed by atoms with E-state index >= 15 is 0 Å². The molecule has 0 aromatic carbocycles. The number of carbonyl (C=O) groups is 1. The Labute approximate surface area is 158 Å². The number of nitrogens with one attached hydrogen (secondary N) is 1. The molecule has 1 saturated carbocycles. The predicted molar refractivity (Wildman–Crippen MR) is 103 cm³/mol. The van der Waals surface area contributed by atoms with Gasteiger partial charge in [-0.05, 0) is 58.1 Å². The first-order valence-corrected chi connectivity index (χ1v) is 9.63. The number of hydrogen-bond acceptors (Lipinski definition) is 4. The summed E-state index contributed by atoms with van der Waals surface area (Å²) in [4.78, 5) is 17.1. The van der Waals surface area contributed by atoms with Crippen molar-refractivity contribution in [3.63, 3.8) is 0 Å². The fourth-order valence-electron chi connectivity index (χ4n) is 3.78. The van der Waals surface area contributed by atoms with Crippen molar-refractivity contribution < 1.29 is 4.79 Å².